The maximum atomic E-state index is 13.0. The molecule has 0 saturated heterocycles. The molecule has 90 valence electrons. The van der Waals surface area contributed by atoms with E-state index in [4.69, 9.17) is 4.74 Å². The van der Waals surface area contributed by atoms with E-state index >= 15 is 0 Å². The van der Waals surface area contributed by atoms with E-state index in [1.807, 2.05) is 0 Å². The van der Waals surface area contributed by atoms with Crippen molar-refractivity contribution in [3.63, 3.8) is 0 Å². The zero-order valence-electron chi connectivity index (χ0n) is 9.32. The molecule has 0 fully saturated rings. The first-order chi connectivity index (χ1) is 7.28. The highest BCUT2D eigenvalue weighted by atomic mass is 32.2. The summed E-state index contributed by atoms with van der Waals surface area (Å²) in [6, 6.07) is 3.69. The molecule has 4 nitrogen and oxygen atoms in total. The average molecular weight is 247 g/mol. The Bertz CT molecular complexity index is 471. The molecule has 1 aromatic rings. The van der Waals surface area contributed by atoms with Crippen LogP contribution in [0.3, 0.4) is 0 Å². The van der Waals surface area contributed by atoms with E-state index in [0.717, 1.165) is 12.3 Å². The Labute approximate surface area is 94.5 Å². The van der Waals surface area contributed by atoms with Crippen molar-refractivity contribution in [2.45, 2.75) is 20.0 Å². The summed E-state index contributed by atoms with van der Waals surface area (Å²) in [6.07, 6.45) is 0.877. The fraction of sp³-hybridized carbons (Fsp3) is 0.400. The SMILES string of the molecule is CC(C)Oc1ccc(F)cc1NS(C)(=O)=O. The molecule has 0 saturated carbocycles. The molecule has 0 bridgehead atoms. The van der Waals surface area contributed by atoms with Gasteiger partial charge in [-0.3, -0.25) is 4.72 Å². The summed E-state index contributed by atoms with van der Waals surface area (Å²) >= 11 is 0. The minimum atomic E-state index is -3.45. The summed E-state index contributed by atoms with van der Waals surface area (Å²) in [4.78, 5) is 0. The highest BCUT2D eigenvalue weighted by Gasteiger charge is 2.10. The van der Waals surface area contributed by atoms with Gasteiger partial charge in [-0.1, -0.05) is 0 Å². The largest absolute Gasteiger partial charge is 0.489 e. The first-order valence-corrected chi connectivity index (χ1v) is 6.61. The molecule has 1 N–H and O–H groups in total. The Morgan fingerprint density at radius 3 is 2.50 bits per heavy atom. The van der Waals surface area contributed by atoms with Crippen LogP contribution in [0.25, 0.3) is 0 Å². The standard InChI is InChI=1S/C10H14FNO3S/c1-7(2)15-10-5-4-8(11)6-9(10)12-16(3,13)14/h4-7,12H,1-3H3. The molecule has 1 aromatic carbocycles. The van der Waals surface area contributed by atoms with Gasteiger partial charge in [0.05, 0.1) is 18.0 Å². The molecule has 0 heterocycles. The summed E-state index contributed by atoms with van der Waals surface area (Å²) in [5.74, 6) is -0.218. The molecular weight excluding hydrogens is 233 g/mol. The van der Waals surface area contributed by atoms with Crippen molar-refractivity contribution in [3.8, 4) is 5.75 Å². The average Bonchev–Trinajstić information content (AvgIpc) is 2.06. The fourth-order valence-electron chi connectivity index (χ4n) is 1.14. The van der Waals surface area contributed by atoms with Gasteiger partial charge in [0.25, 0.3) is 0 Å². The maximum absolute atomic E-state index is 13.0. The Balaban J connectivity index is 3.08. The van der Waals surface area contributed by atoms with Crippen molar-refractivity contribution >= 4 is 15.7 Å². The lowest BCUT2D eigenvalue weighted by molar-refractivity contribution is 0.243. The predicted molar refractivity (Wildman–Crippen MR) is 60.6 cm³/mol. The van der Waals surface area contributed by atoms with E-state index < -0.39 is 15.8 Å². The zero-order valence-corrected chi connectivity index (χ0v) is 10.1. The van der Waals surface area contributed by atoms with Gasteiger partial charge in [0.2, 0.25) is 10.0 Å². The van der Waals surface area contributed by atoms with Crippen LogP contribution in [-0.2, 0) is 10.0 Å². The lowest BCUT2D eigenvalue weighted by Crippen LogP contribution is -2.13. The van der Waals surface area contributed by atoms with E-state index in [0.29, 0.717) is 5.75 Å². The summed E-state index contributed by atoms with van der Waals surface area (Å²) in [6.45, 7) is 3.60. The Kier molecular flexibility index (Phi) is 3.74. The zero-order chi connectivity index (χ0) is 12.3. The molecule has 0 aromatic heterocycles. The first kappa shape index (κ1) is 12.8. The molecule has 0 aliphatic rings. The molecule has 0 aliphatic heterocycles. The monoisotopic (exact) mass is 247 g/mol. The van der Waals surface area contributed by atoms with Gasteiger partial charge >= 0.3 is 0 Å². The fourth-order valence-corrected chi connectivity index (χ4v) is 1.70. The Hall–Kier alpha value is -1.30. The number of halogens is 1. The maximum Gasteiger partial charge on any atom is 0.229 e. The van der Waals surface area contributed by atoms with Crippen LogP contribution in [-0.4, -0.2) is 20.8 Å². The third-order valence-electron chi connectivity index (χ3n) is 1.60. The second-order valence-electron chi connectivity index (χ2n) is 3.68. The summed E-state index contributed by atoms with van der Waals surface area (Å²) in [5.41, 5.74) is 0.108. The van der Waals surface area contributed by atoms with Gasteiger partial charge in [-0.05, 0) is 26.0 Å². The predicted octanol–water partition coefficient (Wildman–Crippen LogP) is 1.98. The third-order valence-corrected chi connectivity index (χ3v) is 2.19. The van der Waals surface area contributed by atoms with E-state index in [2.05, 4.69) is 4.72 Å². The minimum Gasteiger partial charge on any atom is -0.489 e. The molecule has 0 unspecified atom stereocenters. The molecule has 0 atom stereocenters. The van der Waals surface area contributed by atoms with Crippen LogP contribution in [0, 0.1) is 5.82 Å². The van der Waals surface area contributed by atoms with Gasteiger partial charge in [-0.15, -0.1) is 0 Å². The second kappa shape index (κ2) is 4.69. The summed E-state index contributed by atoms with van der Waals surface area (Å²) in [7, 11) is -3.45. The van der Waals surface area contributed by atoms with Gasteiger partial charge in [0, 0.05) is 6.07 Å². The van der Waals surface area contributed by atoms with Crippen LogP contribution in [0.4, 0.5) is 10.1 Å². The number of hydrogen-bond acceptors (Lipinski definition) is 3. The van der Waals surface area contributed by atoms with Gasteiger partial charge in [-0.25, -0.2) is 12.8 Å². The quantitative estimate of drug-likeness (QED) is 0.885. The molecule has 0 radical (unpaired) electrons. The van der Waals surface area contributed by atoms with Gasteiger partial charge in [-0.2, -0.15) is 0 Å². The molecule has 16 heavy (non-hydrogen) atoms. The molecule has 1 rings (SSSR count). The number of ether oxygens (including phenoxy) is 1. The number of anilines is 1. The number of hydrogen-bond donors (Lipinski definition) is 1. The van der Waals surface area contributed by atoms with Crippen LogP contribution in [0.15, 0.2) is 18.2 Å². The van der Waals surface area contributed by atoms with E-state index in [1.54, 1.807) is 13.8 Å². The van der Waals surface area contributed by atoms with Crippen molar-refractivity contribution in [1.29, 1.82) is 0 Å². The third kappa shape index (κ3) is 4.06. The molecule has 0 aliphatic carbocycles. The Morgan fingerprint density at radius 2 is 2.00 bits per heavy atom. The highest BCUT2D eigenvalue weighted by molar-refractivity contribution is 7.92. The van der Waals surface area contributed by atoms with Gasteiger partial charge in [0.1, 0.15) is 11.6 Å². The van der Waals surface area contributed by atoms with Gasteiger partial charge in [0.15, 0.2) is 0 Å². The van der Waals surface area contributed by atoms with Crippen LogP contribution in [0.1, 0.15) is 13.8 Å². The van der Waals surface area contributed by atoms with Crippen LogP contribution in [0.5, 0.6) is 5.75 Å². The van der Waals surface area contributed by atoms with Gasteiger partial charge < -0.3 is 4.74 Å². The molecule has 0 amide bonds. The number of rotatable bonds is 4. The summed E-state index contributed by atoms with van der Waals surface area (Å²) in [5, 5.41) is 0. The van der Waals surface area contributed by atoms with Crippen molar-refractivity contribution in [1.82, 2.24) is 0 Å². The Morgan fingerprint density at radius 1 is 1.38 bits per heavy atom. The first-order valence-electron chi connectivity index (χ1n) is 4.72. The van der Waals surface area contributed by atoms with E-state index in [-0.39, 0.29) is 11.8 Å². The van der Waals surface area contributed by atoms with E-state index in [1.165, 1.54) is 12.1 Å². The van der Waals surface area contributed by atoms with Crippen molar-refractivity contribution in [2.24, 2.45) is 0 Å². The summed E-state index contributed by atoms with van der Waals surface area (Å²) < 4.78 is 42.6. The van der Waals surface area contributed by atoms with Crippen LogP contribution in [0.2, 0.25) is 0 Å². The van der Waals surface area contributed by atoms with Crippen molar-refractivity contribution in [2.75, 3.05) is 11.0 Å². The normalized spacial score (nSPS) is 11.6. The number of nitrogens with one attached hydrogen (secondary N) is 1. The molecular formula is C10H14FNO3S. The lowest BCUT2D eigenvalue weighted by Gasteiger charge is -2.14. The number of sulfonamides is 1. The second-order valence-corrected chi connectivity index (χ2v) is 5.43. The van der Waals surface area contributed by atoms with E-state index in [9.17, 15) is 12.8 Å². The smallest absolute Gasteiger partial charge is 0.229 e. The van der Waals surface area contributed by atoms with Crippen molar-refractivity contribution in [3.05, 3.63) is 24.0 Å². The molecule has 6 heteroatoms. The lowest BCUT2D eigenvalue weighted by atomic mass is 10.3. The topological polar surface area (TPSA) is 55.4 Å². The van der Waals surface area contributed by atoms with Crippen LogP contribution < -0.4 is 9.46 Å². The van der Waals surface area contributed by atoms with Crippen LogP contribution >= 0.6 is 0 Å². The number of benzene rings is 1. The van der Waals surface area contributed by atoms with Crippen molar-refractivity contribution < 1.29 is 17.5 Å². The minimum absolute atomic E-state index is 0.108. The molecule has 0 spiro atoms. The highest BCUT2D eigenvalue weighted by Crippen LogP contribution is 2.27.